The number of nitrogens with two attached hydrogens (primary N) is 1. The van der Waals surface area contributed by atoms with Crippen LogP contribution in [-0.4, -0.2) is 15.0 Å². The van der Waals surface area contributed by atoms with Crippen LogP contribution in [0.4, 0.5) is 4.39 Å². The molecule has 4 nitrogen and oxygen atoms in total. The molecule has 0 bridgehead atoms. The second-order valence-electron chi connectivity index (χ2n) is 3.88. The molecule has 0 aliphatic carbocycles. The van der Waals surface area contributed by atoms with Crippen molar-refractivity contribution in [3.05, 3.63) is 29.6 Å². The molecule has 0 unspecified atom stereocenters. The third kappa shape index (κ3) is 2.23. The molecule has 0 spiro atoms. The topological polar surface area (TPSA) is 72.2 Å². The Balaban J connectivity index is 2.37. The zero-order chi connectivity index (χ0) is 11.8. The van der Waals surface area contributed by atoms with Crippen molar-refractivity contribution < 1.29 is 12.8 Å². The van der Waals surface area contributed by atoms with Gasteiger partial charge in [0.05, 0.1) is 4.90 Å². The van der Waals surface area contributed by atoms with Gasteiger partial charge in [0, 0.05) is 11.6 Å². The first kappa shape index (κ1) is 11.5. The van der Waals surface area contributed by atoms with E-state index in [1.165, 1.54) is 12.1 Å². The van der Waals surface area contributed by atoms with Gasteiger partial charge in [-0.25, -0.2) is 17.9 Å². The number of hydrogen-bond acceptors (Lipinski definition) is 3. The van der Waals surface area contributed by atoms with Gasteiger partial charge in [-0.2, -0.15) is 0 Å². The number of primary sulfonamides is 1. The Hall–Kier alpha value is -0.980. The summed E-state index contributed by atoms with van der Waals surface area (Å²) < 4.78 is 35.7. The van der Waals surface area contributed by atoms with Gasteiger partial charge in [-0.05, 0) is 31.5 Å². The van der Waals surface area contributed by atoms with Crippen LogP contribution in [0, 0.1) is 5.82 Å². The third-order valence-corrected chi connectivity index (χ3v) is 3.65. The largest absolute Gasteiger partial charge is 0.310 e. The molecule has 0 saturated carbocycles. The number of nitrogens with one attached hydrogen (secondary N) is 1. The van der Waals surface area contributed by atoms with Crippen LogP contribution >= 0.6 is 0 Å². The molecule has 1 saturated heterocycles. The summed E-state index contributed by atoms with van der Waals surface area (Å²) in [6.45, 7) is 0.862. The van der Waals surface area contributed by atoms with Crippen molar-refractivity contribution in [1.29, 1.82) is 0 Å². The van der Waals surface area contributed by atoms with Crippen molar-refractivity contribution in [2.24, 2.45) is 5.14 Å². The van der Waals surface area contributed by atoms with Gasteiger partial charge in [-0.3, -0.25) is 0 Å². The molecular formula is C10H13FN2O2S. The maximum absolute atomic E-state index is 13.7. The number of halogens is 1. The van der Waals surface area contributed by atoms with E-state index in [2.05, 4.69) is 5.32 Å². The minimum atomic E-state index is -3.83. The first-order valence-corrected chi connectivity index (χ1v) is 6.59. The molecule has 1 aliphatic heterocycles. The smallest absolute Gasteiger partial charge is 0.238 e. The Bertz CT molecular complexity index is 496. The van der Waals surface area contributed by atoms with Crippen LogP contribution < -0.4 is 10.5 Å². The first-order valence-electron chi connectivity index (χ1n) is 5.04. The molecular weight excluding hydrogens is 231 g/mol. The predicted octanol–water partition coefficient (Wildman–Crippen LogP) is 0.898. The highest BCUT2D eigenvalue weighted by Gasteiger charge is 2.20. The van der Waals surface area contributed by atoms with Gasteiger partial charge in [-0.1, -0.05) is 6.07 Å². The van der Waals surface area contributed by atoms with Crippen molar-refractivity contribution in [2.75, 3.05) is 6.54 Å². The molecule has 1 fully saturated rings. The maximum atomic E-state index is 13.7. The van der Waals surface area contributed by atoms with Crippen molar-refractivity contribution in [2.45, 2.75) is 23.8 Å². The highest BCUT2D eigenvalue weighted by atomic mass is 32.2. The van der Waals surface area contributed by atoms with E-state index >= 15 is 0 Å². The van der Waals surface area contributed by atoms with E-state index in [1.54, 1.807) is 0 Å². The zero-order valence-electron chi connectivity index (χ0n) is 8.61. The molecule has 0 aromatic heterocycles. The van der Waals surface area contributed by atoms with E-state index in [4.69, 9.17) is 5.14 Å². The summed E-state index contributed by atoms with van der Waals surface area (Å²) in [5.41, 5.74) is 0.505. The quantitative estimate of drug-likeness (QED) is 0.811. The lowest BCUT2D eigenvalue weighted by Gasteiger charge is -2.12. The number of sulfonamides is 1. The molecule has 0 amide bonds. The summed E-state index contributed by atoms with van der Waals surface area (Å²) in [6.07, 6.45) is 1.87. The van der Waals surface area contributed by atoms with Crippen LogP contribution in [0.15, 0.2) is 23.1 Å². The second-order valence-corrected chi connectivity index (χ2v) is 5.44. The lowest BCUT2D eigenvalue weighted by atomic mass is 10.1. The normalized spacial score (nSPS) is 21.2. The van der Waals surface area contributed by atoms with Gasteiger partial charge in [0.25, 0.3) is 0 Å². The van der Waals surface area contributed by atoms with E-state index in [0.29, 0.717) is 5.56 Å². The Morgan fingerprint density at radius 3 is 2.69 bits per heavy atom. The lowest BCUT2D eigenvalue weighted by molar-refractivity contribution is 0.553. The predicted molar refractivity (Wildman–Crippen MR) is 57.8 cm³/mol. The Kier molecular flexibility index (Phi) is 2.96. The van der Waals surface area contributed by atoms with Crippen LogP contribution in [0.2, 0.25) is 0 Å². The summed E-state index contributed by atoms with van der Waals surface area (Å²) in [7, 11) is -3.83. The summed E-state index contributed by atoms with van der Waals surface area (Å²) in [4.78, 5) is -0.188. The monoisotopic (exact) mass is 244 g/mol. The van der Waals surface area contributed by atoms with Crippen molar-refractivity contribution in [1.82, 2.24) is 5.32 Å². The second kappa shape index (κ2) is 4.12. The lowest BCUT2D eigenvalue weighted by Crippen LogP contribution is -2.16. The maximum Gasteiger partial charge on any atom is 0.238 e. The highest BCUT2D eigenvalue weighted by molar-refractivity contribution is 7.89. The van der Waals surface area contributed by atoms with Crippen LogP contribution in [0.1, 0.15) is 24.4 Å². The SMILES string of the molecule is NS(=O)(=O)c1ccc([C@@H]2CCCN2)c(F)c1. The fourth-order valence-electron chi connectivity index (χ4n) is 1.92. The Morgan fingerprint density at radius 2 is 2.19 bits per heavy atom. The molecule has 1 atom stereocenters. The van der Waals surface area contributed by atoms with Gasteiger partial charge in [-0.15, -0.1) is 0 Å². The molecule has 6 heteroatoms. The van der Waals surface area contributed by atoms with Crippen molar-refractivity contribution >= 4 is 10.0 Å². The molecule has 1 aromatic rings. The minimum Gasteiger partial charge on any atom is -0.310 e. The van der Waals surface area contributed by atoms with E-state index in [0.717, 1.165) is 25.5 Å². The van der Waals surface area contributed by atoms with Crippen LogP contribution in [0.5, 0.6) is 0 Å². The summed E-state index contributed by atoms with van der Waals surface area (Å²) in [6, 6.07) is 3.78. The van der Waals surface area contributed by atoms with E-state index < -0.39 is 15.8 Å². The van der Waals surface area contributed by atoms with Gasteiger partial charge in [0.15, 0.2) is 0 Å². The molecule has 1 aliphatic rings. The van der Waals surface area contributed by atoms with Crippen molar-refractivity contribution in [3.8, 4) is 0 Å². The molecule has 0 radical (unpaired) electrons. The molecule has 88 valence electrons. The third-order valence-electron chi connectivity index (χ3n) is 2.74. The molecule has 3 N–H and O–H groups in total. The molecule has 1 aromatic carbocycles. The first-order chi connectivity index (χ1) is 7.48. The number of hydrogen-bond donors (Lipinski definition) is 2. The average molecular weight is 244 g/mol. The standard InChI is InChI=1S/C10H13FN2O2S/c11-9-6-7(16(12,14)15)3-4-8(9)10-2-1-5-13-10/h3-4,6,10,13H,1-2,5H2,(H2,12,14,15)/t10-/m0/s1. The molecule has 2 rings (SSSR count). The van der Waals surface area contributed by atoms with Crippen LogP contribution in [0.3, 0.4) is 0 Å². The molecule has 1 heterocycles. The highest BCUT2D eigenvalue weighted by Crippen LogP contribution is 2.26. The Labute approximate surface area is 93.7 Å². The Morgan fingerprint density at radius 1 is 1.44 bits per heavy atom. The van der Waals surface area contributed by atoms with Gasteiger partial charge in [0.2, 0.25) is 10.0 Å². The van der Waals surface area contributed by atoms with Crippen LogP contribution in [-0.2, 0) is 10.0 Å². The van der Waals surface area contributed by atoms with Crippen molar-refractivity contribution in [3.63, 3.8) is 0 Å². The van der Waals surface area contributed by atoms with Crippen LogP contribution in [0.25, 0.3) is 0 Å². The fourth-order valence-corrected chi connectivity index (χ4v) is 2.44. The molecule has 16 heavy (non-hydrogen) atoms. The summed E-state index contributed by atoms with van der Waals surface area (Å²) in [5.74, 6) is -0.522. The fraction of sp³-hybridized carbons (Fsp3) is 0.400. The minimum absolute atomic E-state index is 0.0190. The average Bonchev–Trinajstić information content (AvgIpc) is 2.69. The van der Waals surface area contributed by atoms with E-state index in [9.17, 15) is 12.8 Å². The number of benzene rings is 1. The van der Waals surface area contributed by atoms with Gasteiger partial charge < -0.3 is 5.32 Å². The van der Waals surface area contributed by atoms with E-state index in [-0.39, 0.29) is 10.9 Å². The summed E-state index contributed by atoms with van der Waals surface area (Å²) >= 11 is 0. The number of rotatable bonds is 2. The van der Waals surface area contributed by atoms with E-state index in [1.807, 2.05) is 0 Å². The van der Waals surface area contributed by atoms with Gasteiger partial charge in [0.1, 0.15) is 5.82 Å². The zero-order valence-corrected chi connectivity index (χ0v) is 9.43. The summed E-state index contributed by atoms with van der Waals surface area (Å²) in [5, 5.41) is 8.07. The van der Waals surface area contributed by atoms with Gasteiger partial charge >= 0.3 is 0 Å².